The maximum Gasteiger partial charge on any atom is 0.238 e. The standard InChI is InChI=1S/C63H43N5Si/c1-4-25-47(26-5-1)69(48-27-6-2-7-28-48,49-29-8-3-9-30-49)50-31-21-23-45(43-50)44-22-20-24-46(42-44)61-64-62(66-63(65-61)68-58-39-17-12-34-53(58)54-35-13-18-40-59(54)68)55-36-14-19-41-60(55)67-56-37-15-10-32-51(56)52-33-11-16-38-57(52)67/h1-43H/i1D,2D,3D,4D,5D,6D,7D,8D,9D,10D,11D,12D,13D,14D,15D,16D,17D,18D,19D,20D,21D,22D,23D,24D,25D,26D,27D,28D,29D,30D,31D,32D,33D,34D,35D,36D,37D,38D,39D,40D,41D,42D,43D. The fraction of sp³-hybridized carbons (Fsp3) is 0. The molecule has 69 heavy (non-hydrogen) atoms. The van der Waals surface area contributed by atoms with Crippen LogP contribution in [0.15, 0.2) is 260 Å². The van der Waals surface area contributed by atoms with E-state index in [4.69, 9.17) is 27.4 Å². The first-order valence-corrected chi connectivity index (χ1v) is 21.9. The van der Waals surface area contributed by atoms with Crippen LogP contribution in [0.5, 0.6) is 0 Å². The molecule has 0 aliphatic rings. The van der Waals surface area contributed by atoms with Crippen LogP contribution >= 0.6 is 0 Å². The molecular formula is C63H43N5Si. The van der Waals surface area contributed by atoms with E-state index in [0.29, 0.717) is 9.13 Å². The van der Waals surface area contributed by atoms with E-state index >= 15 is 0 Å². The van der Waals surface area contributed by atoms with E-state index in [1.807, 2.05) is 0 Å². The Kier molecular flexibility index (Phi) is 3.83. The largest absolute Gasteiger partial charge is 0.309 e. The summed E-state index contributed by atoms with van der Waals surface area (Å²) in [6.45, 7) is 0. The molecule has 5 nitrogen and oxygen atoms in total. The number of hydrogen-bond acceptors (Lipinski definition) is 3. The number of aromatic nitrogens is 5. The van der Waals surface area contributed by atoms with Crippen molar-refractivity contribution in [2.24, 2.45) is 0 Å². The quantitative estimate of drug-likeness (QED) is 0.107. The lowest BCUT2D eigenvalue weighted by Gasteiger charge is -2.34. The Labute approximate surface area is 461 Å². The summed E-state index contributed by atoms with van der Waals surface area (Å²) in [5, 5.41) is -8.08. The second-order valence-corrected chi connectivity index (χ2v) is 17.8. The van der Waals surface area contributed by atoms with E-state index in [0.717, 1.165) is 0 Å². The molecule has 0 amide bonds. The summed E-state index contributed by atoms with van der Waals surface area (Å²) >= 11 is 0. The maximum atomic E-state index is 10.5. The van der Waals surface area contributed by atoms with Crippen molar-refractivity contribution in [2.45, 2.75) is 0 Å². The molecule has 0 unspecified atom stereocenters. The van der Waals surface area contributed by atoms with Gasteiger partial charge in [0.1, 0.15) is 0 Å². The van der Waals surface area contributed by atoms with Crippen molar-refractivity contribution < 1.29 is 58.9 Å². The van der Waals surface area contributed by atoms with E-state index in [9.17, 15) is 31.5 Å². The van der Waals surface area contributed by atoms with Crippen LogP contribution in [0, 0.1) is 0 Å². The van der Waals surface area contributed by atoms with Crippen molar-refractivity contribution in [3.05, 3.63) is 260 Å². The zero-order valence-electron chi connectivity index (χ0n) is 77.2. The van der Waals surface area contributed by atoms with Gasteiger partial charge < -0.3 is 4.57 Å². The minimum atomic E-state index is -6.71. The highest BCUT2D eigenvalue weighted by Gasteiger charge is 2.41. The first kappa shape index (κ1) is 15.8. The Morgan fingerprint density at radius 3 is 1.23 bits per heavy atom. The van der Waals surface area contributed by atoms with Gasteiger partial charge in [-0.2, -0.15) is 9.97 Å². The minimum Gasteiger partial charge on any atom is -0.309 e. The first-order valence-electron chi connectivity index (χ1n) is 41.4. The smallest absolute Gasteiger partial charge is 0.238 e. The predicted octanol–water partition coefficient (Wildman–Crippen LogP) is 12.4. The van der Waals surface area contributed by atoms with E-state index in [2.05, 4.69) is 15.0 Å². The molecular weight excluding hydrogens is 855 g/mol. The highest BCUT2D eigenvalue weighted by atomic mass is 28.3. The lowest BCUT2D eigenvalue weighted by molar-refractivity contribution is 0.951. The van der Waals surface area contributed by atoms with Crippen molar-refractivity contribution in [1.82, 2.24) is 24.1 Å². The summed E-state index contributed by atoms with van der Waals surface area (Å²) in [5.41, 5.74) is -9.44. The van der Waals surface area contributed by atoms with Crippen LogP contribution < -0.4 is 20.7 Å². The highest BCUT2D eigenvalue weighted by molar-refractivity contribution is 7.19. The van der Waals surface area contributed by atoms with Crippen molar-refractivity contribution in [1.29, 1.82) is 0 Å². The predicted molar refractivity (Wildman–Crippen MR) is 288 cm³/mol. The summed E-state index contributed by atoms with van der Waals surface area (Å²) in [7, 11) is -6.71. The van der Waals surface area contributed by atoms with Crippen LogP contribution in [-0.4, -0.2) is 32.2 Å². The molecule has 0 spiro atoms. The van der Waals surface area contributed by atoms with Gasteiger partial charge in [-0.15, -0.1) is 0 Å². The molecule has 6 heteroatoms. The normalized spacial score (nSPS) is 20.5. The van der Waals surface area contributed by atoms with Gasteiger partial charge in [0, 0.05) is 32.7 Å². The van der Waals surface area contributed by atoms with Gasteiger partial charge in [-0.05, 0) is 74.2 Å². The summed E-state index contributed by atoms with van der Waals surface area (Å²) in [6.07, 6.45) is 0. The minimum absolute atomic E-state index is 0.568. The highest BCUT2D eigenvalue weighted by Crippen LogP contribution is 2.37. The third-order valence-electron chi connectivity index (χ3n) is 10.7. The van der Waals surface area contributed by atoms with Gasteiger partial charge in [0.05, 0.1) is 86.7 Å². The monoisotopic (exact) mass is 941 g/mol. The van der Waals surface area contributed by atoms with Crippen molar-refractivity contribution in [3.8, 4) is 45.5 Å². The molecule has 3 aromatic heterocycles. The number of benzene rings is 10. The Morgan fingerprint density at radius 1 is 0.304 bits per heavy atom. The summed E-state index contributed by atoms with van der Waals surface area (Å²) in [5.74, 6) is -3.77. The second kappa shape index (κ2) is 16.7. The molecule has 0 aliphatic heterocycles. The van der Waals surface area contributed by atoms with E-state index in [1.54, 1.807) is 0 Å². The summed E-state index contributed by atoms with van der Waals surface area (Å²) in [6, 6.07) is -53.1. The van der Waals surface area contributed by atoms with Crippen molar-refractivity contribution in [3.63, 3.8) is 0 Å². The van der Waals surface area contributed by atoms with E-state index in [-0.39, 0.29) is 0 Å². The number of para-hydroxylation sites is 5. The third kappa shape index (κ3) is 6.64. The van der Waals surface area contributed by atoms with Crippen LogP contribution in [0.2, 0.25) is 0 Å². The van der Waals surface area contributed by atoms with Crippen LogP contribution in [0.1, 0.15) is 58.9 Å². The molecule has 0 saturated heterocycles. The first-order chi connectivity index (χ1) is 52.1. The summed E-state index contributed by atoms with van der Waals surface area (Å²) < 4.78 is 401. The van der Waals surface area contributed by atoms with Crippen LogP contribution in [0.25, 0.3) is 89.2 Å². The topological polar surface area (TPSA) is 48.5 Å². The third-order valence-corrected chi connectivity index (χ3v) is 14.7. The van der Waals surface area contributed by atoms with Crippen LogP contribution in [-0.2, 0) is 0 Å². The van der Waals surface area contributed by atoms with Crippen molar-refractivity contribution in [2.75, 3.05) is 0 Å². The Bertz CT molecular complexity index is 6220. The fourth-order valence-corrected chi connectivity index (χ4v) is 11.5. The van der Waals surface area contributed by atoms with Gasteiger partial charge in [-0.3, -0.25) is 4.57 Å². The molecule has 0 atom stereocenters. The molecule has 0 radical (unpaired) electrons. The Morgan fingerprint density at radius 2 is 0.696 bits per heavy atom. The summed E-state index contributed by atoms with van der Waals surface area (Å²) in [4.78, 5) is 13.6. The number of fused-ring (bicyclic) bond motifs is 6. The molecule has 13 rings (SSSR count). The van der Waals surface area contributed by atoms with Gasteiger partial charge in [0.15, 0.2) is 19.7 Å². The Balaban J connectivity index is 1.29. The molecule has 324 valence electrons. The average Bonchev–Trinajstić information content (AvgIpc) is 0.758. The molecule has 13 aromatic rings. The van der Waals surface area contributed by atoms with E-state index < -0.39 is 378 Å². The van der Waals surface area contributed by atoms with Crippen LogP contribution in [0.4, 0.5) is 0 Å². The molecule has 0 saturated carbocycles. The molecule has 3 heterocycles. The average molecular weight is 941 g/mol. The number of rotatable bonds is 9. The fourth-order valence-electron chi connectivity index (χ4n) is 7.89. The van der Waals surface area contributed by atoms with Gasteiger partial charge >= 0.3 is 0 Å². The molecule has 10 aromatic carbocycles. The zero-order chi connectivity index (χ0) is 83.1. The lowest BCUT2D eigenvalue weighted by Crippen LogP contribution is -2.74. The lowest BCUT2D eigenvalue weighted by atomic mass is 10.0. The van der Waals surface area contributed by atoms with Gasteiger partial charge in [-0.25, -0.2) is 4.98 Å². The number of hydrogen-bond donors (Lipinski definition) is 0. The zero-order valence-corrected chi connectivity index (χ0v) is 35.2. The van der Waals surface area contributed by atoms with Gasteiger partial charge in [0.25, 0.3) is 0 Å². The second-order valence-electron chi connectivity index (χ2n) is 14.3. The van der Waals surface area contributed by atoms with Gasteiger partial charge in [-0.1, -0.05) is 218 Å². The number of nitrogens with zero attached hydrogens (tertiary/aromatic N) is 5. The maximum absolute atomic E-state index is 10.5. The van der Waals surface area contributed by atoms with Gasteiger partial charge in [0.2, 0.25) is 5.95 Å². The molecule has 0 N–H and O–H groups in total. The Hall–Kier alpha value is -8.97. The molecule has 0 fully saturated rings. The molecule has 0 bridgehead atoms. The van der Waals surface area contributed by atoms with Crippen molar-refractivity contribution >= 4 is 72.4 Å². The SMILES string of the molecule is [2H]c1c([2H])c([2H])c([Si](c2c([2H])c([2H])c([2H])c([2H])c2[2H])(c2c([2H])c([2H])c([2H])c([2H])c2[2H])c2c([2H])c([2H])c([2H])c(-c3c([2H])c([2H])c([2H])c(-c4nc(-c5c([2H])c([2H])c([2H])c([2H])c5-n5c6c([2H])c([2H])c([2H])c([2H])c6c6c([2H])c([2H])c([2H])c([2H])c65)nc(-n5c6c([2H])c([2H])c([2H])c([2H])c6c6c([2H])c([2H])c([2H])c([2H])c65)n4)c3[2H])c2[2H])c([2H])c1[2H]. The van der Waals surface area contributed by atoms with E-state index in [1.165, 1.54) is 0 Å². The van der Waals surface area contributed by atoms with Crippen LogP contribution in [0.3, 0.4) is 0 Å². The molecule has 0 aliphatic carbocycles.